The molecule has 6 aromatic carbocycles. The van der Waals surface area contributed by atoms with Gasteiger partial charge in [0.15, 0.2) is 0 Å². The fourth-order valence-corrected chi connectivity index (χ4v) is 24.8. The van der Waals surface area contributed by atoms with E-state index in [1.807, 2.05) is 0 Å². The third kappa shape index (κ3) is 6.01. The van der Waals surface area contributed by atoms with Gasteiger partial charge < -0.3 is 0 Å². The van der Waals surface area contributed by atoms with Gasteiger partial charge in [-0.05, 0) is 0 Å². The van der Waals surface area contributed by atoms with E-state index in [1.165, 1.54) is 66.8 Å². The maximum absolute atomic E-state index is 2.91. The van der Waals surface area contributed by atoms with Crippen LogP contribution in [0.1, 0.15) is 92.3 Å². The average Bonchev–Trinajstić information content (AvgIpc) is 3.92. The topological polar surface area (TPSA) is 0 Å². The maximum atomic E-state index is 2.70. The van der Waals surface area contributed by atoms with Gasteiger partial charge in [-0.3, -0.25) is 0 Å². The molecule has 0 bridgehead atoms. The van der Waals surface area contributed by atoms with Crippen molar-refractivity contribution >= 4 is 35.3 Å². The number of allylic oxidation sites excluding steroid dienone is 2. The monoisotopic (exact) mass is 821 g/mol. The quantitative estimate of drug-likeness (QED) is 0.127. The Morgan fingerprint density at radius 2 is 0.946 bits per heavy atom. The van der Waals surface area contributed by atoms with E-state index in [0.717, 1.165) is 12.8 Å². The molecule has 9 rings (SSSR count). The van der Waals surface area contributed by atoms with Crippen LogP contribution in [0.3, 0.4) is 0 Å². The van der Waals surface area contributed by atoms with Crippen LogP contribution in [0.4, 0.5) is 0 Å². The summed E-state index contributed by atoms with van der Waals surface area (Å²) in [4.78, 5) is 0. The zero-order valence-electron chi connectivity index (χ0n) is 34.6. The summed E-state index contributed by atoms with van der Waals surface area (Å²) in [6, 6.07) is 45.4. The Kier molecular flexibility index (Phi) is 10.0. The molecule has 0 spiro atoms. The average molecular weight is 823 g/mol. The van der Waals surface area contributed by atoms with Crippen LogP contribution in [0, 0.1) is 39.5 Å². The van der Waals surface area contributed by atoms with E-state index in [4.69, 9.17) is 0 Å². The second kappa shape index (κ2) is 15.0. The van der Waals surface area contributed by atoms with Gasteiger partial charge in [-0.15, -0.1) is 0 Å². The van der Waals surface area contributed by atoms with E-state index < -0.39 is 31.3 Å². The van der Waals surface area contributed by atoms with Gasteiger partial charge in [0.1, 0.15) is 0 Å². The van der Waals surface area contributed by atoms with Crippen molar-refractivity contribution in [3.05, 3.63) is 171 Å². The number of aryl methyl sites for hydroxylation is 2. The van der Waals surface area contributed by atoms with Crippen LogP contribution in [0.15, 0.2) is 126 Å². The molecule has 4 atom stereocenters. The molecule has 6 aromatic rings. The second-order valence-corrected chi connectivity index (χ2v) is 25.2. The minimum atomic E-state index is -2.91. The molecular weight excluding hydrogens is 768 g/mol. The molecule has 3 aliphatic rings. The van der Waals surface area contributed by atoms with Crippen LogP contribution < -0.4 is 13.6 Å². The molecule has 2 heteroatoms. The summed E-state index contributed by atoms with van der Waals surface area (Å²) in [7, 11) is -0.629. The van der Waals surface area contributed by atoms with Gasteiger partial charge in [-0.25, -0.2) is 0 Å². The summed E-state index contributed by atoms with van der Waals surface area (Å²) in [6.45, 7) is 19.0. The fourth-order valence-electron chi connectivity index (χ4n) is 10.3. The van der Waals surface area contributed by atoms with Crippen molar-refractivity contribution in [1.82, 2.24) is 0 Å². The van der Waals surface area contributed by atoms with E-state index in [9.17, 15) is 0 Å². The molecule has 4 unspecified atom stereocenters. The second-order valence-electron chi connectivity index (χ2n) is 17.0. The van der Waals surface area contributed by atoms with Crippen molar-refractivity contribution in [2.75, 3.05) is 0 Å². The van der Waals surface area contributed by atoms with Gasteiger partial charge in [0.25, 0.3) is 0 Å². The van der Waals surface area contributed by atoms with Crippen molar-refractivity contribution in [2.45, 2.75) is 75.5 Å². The number of fused-ring (bicyclic) bond motifs is 5. The van der Waals surface area contributed by atoms with Gasteiger partial charge in [-0.2, -0.15) is 0 Å². The minimum absolute atomic E-state index is 0.462. The first-order valence-corrected chi connectivity index (χ1v) is 26.6. The summed E-state index contributed by atoms with van der Waals surface area (Å²) in [6.07, 6.45) is 7.72. The fraction of sp³-hybridized carbons (Fsp3) is 0.259. The number of benzene rings is 6. The van der Waals surface area contributed by atoms with Gasteiger partial charge in [0, 0.05) is 0 Å². The Balaban J connectivity index is 1.34. The Labute approximate surface area is 346 Å². The van der Waals surface area contributed by atoms with Crippen LogP contribution in [0.25, 0.3) is 45.5 Å². The Hall–Kier alpha value is -4.10. The Morgan fingerprint density at radius 3 is 1.48 bits per heavy atom. The number of hydrogen-bond acceptors (Lipinski definition) is 0. The van der Waals surface area contributed by atoms with Crippen molar-refractivity contribution in [2.24, 2.45) is 11.8 Å². The van der Waals surface area contributed by atoms with Crippen LogP contribution in [0.2, 0.25) is 0 Å². The van der Waals surface area contributed by atoms with Crippen LogP contribution >= 0.6 is 0 Å². The Bertz CT molecular complexity index is 2450. The molecule has 0 saturated heterocycles. The van der Waals surface area contributed by atoms with Crippen molar-refractivity contribution in [3.8, 4) is 33.4 Å². The normalized spacial score (nSPS) is 17.9. The zero-order valence-corrected chi connectivity index (χ0v) is 38.4. The molecule has 1 aliphatic heterocycles. The molecule has 0 radical (unpaired) electrons. The molecule has 0 nitrogen and oxygen atoms in total. The third-order valence-corrected chi connectivity index (χ3v) is 26.0. The van der Waals surface area contributed by atoms with E-state index >= 15 is 0 Å². The van der Waals surface area contributed by atoms with Crippen molar-refractivity contribution in [3.63, 3.8) is 0 Å². The predicted octanol–water partition coefficient (Wildman–Crippen LogP) is 12.0. The van der Waals surface area contributed by atoms with Crippen LogP contribution in [-0.2, 0) is 21.8 Å². The van der Waals surface area contributed by atoms with E-state index in [1.54, 1.807) is 35.9 Å². The van der Waals surface area contributed by atoms with Crippen LogP contribution in [-0.4, -0.2) is 9.52 Å². The standard InChI is InChI=1S/2C21H23.C12H9Si.Zr/c2*1-5-14(2)18-12-17-9-7-11-20(21(17)13-18)19-10-6-8-15(3)16(19)4;1-3-7-11-9(5-1)10-6-2-4-8-12(10)13-11;/h2*6-14H,5H2,1-4H3;1-7H,13H2;. The summed E-state index contributed by atoms with van der Waals surface area (Å²) < 4.78 is 2.72. The van der Waals surface area contributed by atoms with Gasteiger partial charge in [0.05, 0.1) is 0 Å². The first kappa shape index (κ1) is 37.5. The molecule has 0 aromatic heterocycles. The van der Waals surface area contributed by atoms with Crippen molar-refractivity contribution < 1.29 is 21.8 Å². The SMILES string of the molecule is CCC(C)C1=Cc2c(-c3cccc(C)c3C)cccc2[CH]1[Zr]([c]1cccc2c1[SiH2]c1ccccc1-2)[CH]1C(C(C)CC)=Cc2c(-c3cccc(C)c3C)cccc21. The van der Waals surface area contributed by atoms with E-state index in [0.29, 0.717) is 19.1 Å². The molecule has 279 valence electrons. The zero-order chi connectivity index (χ0) is 38.8. The summed E-state index contributed by atoms with van der Waals surface area (Å²) in [5.41, 5.74) is 23.8. The van der Waals surface area contributed by atoms with Gasteiger partial charge >= 0.3 is 349 Å². The Morgan fingerprint density at radius 1 is 0.500 bits per heavy atom. The predicted molar refractivity (Wildman–Crippen MR) is 242 cm³/mol. The molecule has 0 fully saturated rings. The van der Waals surface area contributed by atoms with E-state index in [-0.39, 0.29) is 0 Å². The van der Waals surface area contributed by atoms with Gasteiger partial charge in [0.2, 0.25) is 0 Å². The molecule has 56 heavy (non-hydrogen) atoms. The molecule has 0 saturated carbocycles. The van der Waals surface area contributed by atoms with Crippen molar-refractivity contribution in [1.29, 1.82) is 0 Å². The molecule has 1 heterocycles. The van der Waals surface area contributed by atoms with Crippen LogP contribution in [0.5, 0.6) is 0 Å². The molecule has 0 amide bonds. The third-order valence-electron chi connectivity index (χ3n) is 14.1. The first-order chi connectivity index (χ1) is 27.2. The van der Waals surface area contributed by atoms with Gasteiger partial charge in [-0.1, -0.05) is 0 Å². The first-order valence-electron chi connectivity index (χ1n) is 21.1. The number of hydrogen-bond donors (Lipinski definition) is 0. The summed E-state index contributed by atoms with van der Waals surface area (Å²) >= 11 is -2.91. The molecular formula is C54H55SiZr. The van der Waals surface area contributed by atoms with E-state index in [2.05, 4.69) is 183 Å². The summed E-state index contributed by atoms with van der Waals surface area (Å²) in [5, 5.41) is 3.38. The molecule has 0 N–H and O–H groups in total. The summed E-state index contributed by atoms with van der Waals surface area (Å²) in [5.74, 6) is 1.03. The number of rotatable bonds is 9. The molecule has 2 aliphatic carbocycles.